The SMILES string of the molecule is CNC(=O)NCC(O)CN(Oc1ccccc1)C(C)C. The lowest BCUT2D eigenvalue weighted by atomic mass is 10.3. The van der Waals surface area contributed by atoms with Crippen molar-refractivity contribution in [2.24, 2.45) is 0 Å². The first kappa shape index (κ1) is 16.3. The number of hydrogen-bond acceptors (Lipinski definition) is 4. The lowest BCUT2D eigenvalue weighted by molar-refractivity contribution is -0.107. The highest BCUT2D eigenvalue weighted by Crippen LogP contribution is 2.12. The molecule has 6 nitrogen and oxygen atoms in total. The summed E-state index contributed by atoms with van der Waals surface area (Å²) in [4.78, 5) is 16.8. The third kappa shape index (κ3) is 5.90. The molecule has 0 aliphatic rings. The van der Waals surface area contributed by atoms with Crippen molar-refractivity contribution in [1.29, 1.82) is 0 Å². The Balaban J connectivity index is 2.48. The molecule has 3 N–H and O–H groups in total. The van der Waals surface area contributed by atoms with Crippen molar-refractivity contribution in [3.63, 3.8) is 0 Å². The summed E-state index contributed by atoms with van der Waals surface area (Å²) in [5.74, 6) is 0.715. The average molecular weight is 281 g/mol. The smallest absolute Gasteiger partial charge is 0.314 e. The van der Waals surface area contributed by atoms with Crippen LogP contribution in [0.4, 0.5) is 4.79 Å². The minimum absolute atomic E-state index is 0.102. The van der Waals surface area contributed by atoms with Gasteiger partial charge in [-0.05, 0) is 26.0 Å². The maximum Gasteiger partial charge on any atom is 0.314 e. The van der Waals surface area contributed by atoms with Crippen LogP contribution in [0.3, 0.4) is 0 Å². The van der Waals surface area contributed by atoms with E-state index in [0.29, 0.717) is 12.3 Å². The Morgan fingerprint density at radius 1 is 1.35 bits per heavy atom. The van der Waals surface area contributed by atoms with Gasteiger partial charge in [0.05, 0.1) is 12.6 Å². The van der Waals surface area contributed by atoms with Gasteiger partial charge in [-0.1, -0.05) is 18.2 Å². The van der Waals surface area contributed by atoms with Gasteiger partial charge in [0, 0.05) is 19.6 Å². The van der Waals surface area contributed by atoms with E-state index in [2.05, 4.69) is 10.6 Å². The molecule has 1 rings (SSSR count). The first-order valence-corrected chi connectivity index (χ1v) is 6.66. The fourth-order valence-corrected chi connectivity index (χ4v) is 1.54. The maximum absolute atomic E-state index is 11.0. The van der Waals surface area contributed by atoms with Crippen LogP contribution in [0.5, 0.6) is 5.75 Å². The number of carbonyl (C=O) groups is 1. The first-order valence-electron chi connectivity index (χ1n) is 6.66. The molecule has 20 heavy (non-hydrogen) atoms. The van der Waals surface area contributed by atoms with Crippen molar-refractivity contribution in [3.8, 4) is 5.75 Å². The predicted octanol–water partition coefficient (Wildman–Crippen LogP) is 0.981. The molecule has 1 aromatic carbocycles. The van der Waals surface area contributed by atoms with Crippen LogP contribution < -0.4 is 15.5 Å². The maximum atomic E-state index is 11.0. The molecule has 0 aromatic heterocycles. The second kappa shape index (κ2) is 8.39. The van der Waals surface area contributed by atoms with Crippen LogP contribution in [0, 0.1) is 0 Å². The van der Waals surface area contributed by atoms with Gasteiger partial charge in [-0.3, -0.25) is 0 Å². The van der Waals surface area contributed by atoms with E-state index in [1.54, 1.807) is 5.06 Å². The summed E-state index contributed by atoms with van der Waals surface area (Å²) in [6.45, 7) is 4.42. The van der Waals surface area contributed by atoms with Crippen LogP contribution in [0.1, 0.15) is 13.8 Å². The predicted molar refractivity (Wildman–Crippen MR) is 77.4 cm³/mol. The van der Waals surface area contributed by atoms with Gasteiger partial charge < -0.3 is 20.6 Å². The standard InChI is InChI=1S/C14H23N3O3/c1-11(2)17(20-13-7-5-4-6-8-13)10-12(18)9-16-14(19)15-3/h4-8,11-12,18H,9-10H2,1-3H3,(H2,15,16,19). The van der Waals surface area contributed by atoms with E-state index in [4.69, 9.17) is 4.84 Å². The van der Waals surface area contributed by atoms with E-state index in [-0.39, 0.29) is 18.6 Å². The van der Waals surface area contributed by atoms with Gasteiger partial charge in [-0.25, -0.2) is 4.79 Å². The number of aliphatic hydroxyl groups excluding tert-OH is 1. The van der Waals surface area contributed by atoms with E-state index < -0.39 is 6.10 Å². The second-order valence-corrected chi connectivity index (χ2v) is 4.71. The summed E-state index contributed by atoms with van der Waals surface area (Å²) >= 11 is 0. The molecule has 1 atom stereocenters. The van der Waals surface area contributed by atoms with Crippen molar-refractivity contribution in [1.82, 2.24) is 15.7 Å². The van der Waals surface area contributed by atoms with Gasteiger partial charge in [-0.2, -0.15) is 0 Å². The zero-order chi connectivity index (χ0) is 15.0. The summed E-state index contributed by atoms with van der Waals surface area (Å²) in [5, 5.41) is 16.6. The topological polar surface area (TPSA) is 73.8 Å². The molecule has 0 spiro atoms. The number of nitrogens with zero attached hydrogens (tertiary/aromatic N) is 1. The zero-order valence-corrected chi connectivity index (χ0v) is 12.2. The summed E-state index contributed by atoms with van der Waals surface area (Å²) in [6, 6.07) is 9.17. The summed E-state index contributed by atoms with van der Waals surface area (Å²) < 4.78 is 0. The Morgan fingerprint density at radius 2 is 2.00 bits per heavy atom. The van der Waals surface area contributed by atoms with Crippen LogP contribution in [-0.4, -0.2) is 48.5 Å². The van der Waals surface area contributed by atoms with Crippen molar-refractivity contribution >= 4 is 6.03 Å². The number of para-hydroxylation sites is 1. The highest BCUT2D eigenvalue weighted by molar-refractivity contribution is 5.73. The van der Waals surface area contributed by atoms with E-state index in [9.17, 15) is 9.90 Å². The first-order chi connectivity index (χ1) is 9.52. The number of amides is 2. The Morgan fingerprint density at radius 3 is 2.55 bits per heavy atom. The number of hydroxylamine groups is 2. The van der Waals surface area contributed by atoms with Crippen LogP contribution in [0.25, 0.3) is 0 Å². The minimum atomic E-state index is -0.710. The van der Waals surface area contributed by atoms with Gasteiger partial charge in [0.1, 0.15) is 5.75 Å². The number of aliphatic hydroxyl groups is 1. The largest absolute Gasteiger partial charge is 0.406 e. The Hall–Kier alpha value is -1.79. The van der Waals surface area contributed by atoms with Gasteiger partial charge in [0.25, 0.3) is 0 Å². The van der Waals surface area contributed by atoms with E-state index >= 15 is 0 Å². The average Bonchev–Trinajstić information content (AvgIpc) is 2.45. The molecule has 1 unspecified atom stereocenters. The molecule has 0 saturated carbocycles. The molecule has 0 heterocycles. The van der Waals surface area contributed by atoms with Gasteiger partial charge in [0.2, 0.25) is 0 Å². The second-order valence-electron chi connectivity index (χ2n) is 4.71. The molecule has 0 fully saturated rings. The molecule has 0 bridgehead atoms. The number of nitrogens with one attached hydrogen (secondary N) is 2. The van der Waals surface area contributed by atoms with Crippen molar-refractivity contribution in [2.45, 2.75) is 26.0 Å². The molecule has 0 aliphatic heterocycles. The fraction of sp³-hybridized carbons (Fsp3) is 0.500. The van der Waals surface area contributed by atoms with Crippen molar-refractivity contribution in [2.75, 3.05) is 20.1 Å². The van der Waals surface area contributed by atoms with E-state index in [1.807, 2.05) is 44.2 Å². The Bertz CT molecular complexity index is 398. The lowest BCUT2D eigenvalue weighted by Crippen LogP contribution is -2.45. The van der Waals surface area contributed by atoms with Crippen LogP contribution in [-0.2, 0) is 0 Å². The van der Waals surface area contributed by atoms with Crippen LogP contribution >= 0.6 is 0 Å². The number of rotatable bonds is 7. The molecule has 2 amide bonds. The monoisotopic (exact) mass is 281 g/mol. The number of urea groups is 1. The third-order valence-corrected chi connectivity index (χ3v) is 2.66. The zero-order valence-electron chi connectivity index (χ0n) is 12.2. The normalized spacial score (nSPS) is 12.3. The molecule has 0 radical (unpaired) electrons. The van der Waals surface area contributed by atoms with Crippen LogP contribution in [0.15, 0.2) is 30.3 Å². The molecular formula is C14H23N3O3. The highest BCUT2D eigenvalue weighted by atomic mass is 16.7. The van der Waals surface area contributed by atoms with Crippen molar-refractivity contribution < 1.29 is 14.7 Å². The molecular weight excluding hydrogens is 258 g/mol. The Kier molecular flexibility index (Phi) is 6.83. The van der Waals surface area contributed by atoms with E-state index in [0.717, 1.165) is 0 Å². The van der Waals surface area contributed by atoms with Crippen LogP contribution in [0.2, 0.25) is 0 Å². The molecule has 6 heteroatoms. The van der Waals surface area contributed by atoms with Gasteiger partial charge in [0.15, 0.2) is 0 Å². The summed E-state index contributed by atoms with van der Waals surface area (Å²) in [6.07, 6.45) is -0.710. The highest BCUT2D eigenvalue weighted by Gasteiger charge is 2.17. The molecule has 0 saturated heterocycles. The van der Waals surface area contributed by atoms with E-state index in [1.165, 1.54) is 7.05 Å². The molecule has 112 valence electrons. The third-order valence-electron chi connectivity index (χ3n) is 2.66. The Labute approximate surface area is 119 Å². The van der Waals surface area contributed by atoms with Gasteiger partial charge in [-0.15, -0.1) is 5.06 Å². The lowest BCUT2D eigenvalue weighted by Gasteiger charge is -2.28. The quantitative estimate of drug-likeness (QED) is 0.651. The fourth-order valence-electron chi connectivity index (χ4n) is 1.54. The number of hydrogen-bond donors (Lipinski definition) is 3. The number of carbonyl (C=O) groups excluding carboxylic acids is 1. The molecule has 1 aromatic rings. The minimum Gasteiger partial charge on any atom is -0.406 e. The van der Waals surface area contributed by atoms with Gasteiger partial charge >= 0.3 is 6.03 Å². The van der Waals surface area contributed by atoms with Crippen molar-refractivity contribution in [3.05, 3.63) is 30.3 Å². The number of benzene rings is 1. The summed E-state index contributed by atoms with van der Waals surface area (Å²) in [5.41, 5.74) is 0. The molecule has 0 aliphatic carbocycles. The summed E-state index contributed by atoms with van der Waals surface area (Å²) in [7, 11) is 1.53.